The van der Waals surface area contributed by atoms with Crippen molar-refractivity contribution in [3.63, 3.8) is 0 Å². The van der Waals surface area contributed by atoms with E-state index in [-0.39, 0.29) is 12.5 Å². The first-order valence-electron chi connectivity index (χ1n) is 7.65. The van der Waals surface area contributed by atoms with Crippen LogP contribution in [0.3, 0.4) is 0 Å². The number of nitrogens with one attached hydrogen (secondary N) is 1. The summed E-state index contributed by atoms with van der Waals surface area (Å²) in [5, 5.41) is 3.50. The van der Waals surface area contributed by atoms with Crippen LogP contribution in [0.1, 0.15) is 0 Å². The van der Waals surface area contributed by atoms with Gasteiger partial charge in [-0.15, -0.1) is 0 Å². The summed E-state index contributed by atoms with van der Waals surface area (Å²) in [6, 6.07) is 22.7. The third-order valence-electron chi connectivity index (χ3n) is 3.54. The highest BCUT2D eigenvalue weighted by Gasteiger charge is 2.10. The Labute approximate surface area is 159 Å². The van der Waals surface area contributed by atoms with Gasteiger partial charge < -0.3 is 10.1 Å². The maximum absolute atomic E-state index is 12.3. The van der Waals surface area contributed by atoms with Gasteiger partial charge in [-0.2, -0.15) is 0 Å². The molecule has 1 amide bonds. The van der Waals surface area contributed by atoms with Crippen LogP contribution >= 0.6 is 27.5 Å². The molecule has 0 aliphatic rings. The normalized spacial score (nSPS) is 10.3. The minimum Gasteiger partial charge on any atom is -0.483 e. The smallest absolute Gasteiger partial charge is 0.262 e. The van der Waals surface area contributed by atoms with Crippen LogP contribution in [0.2, 0.25) is 5.02 Å². The lowest BCUT2D eigenvalue weighted by Crippen LogP contribution is -2.20. The minimum absolute atomic E-state index is 0.0939. The van der Waals surface area contributed by atoms with Crippen LogP contribution in [0, 0.1) is 0 Å². The summed E-state index contributed by atoms with van der Waals surface area (Å²) >= 11 is 9.26. The first-order valence-corrected chi connectivity index (χ1v) is 8.83. The summed E-state index contributed by atoms with van der Waals surface area (Å²) in [7, 11) is 0. The Morgan fingerprint density at radius 1 is 1.00 bits per heavy atom. The maximum atomic E-state index is 12.3. The van der Waals surface area contributed by atoms with Crippen molar-refractivity contribution in [3.05, 3.63) is 82.3 Å². The van der Waals surface area contributed by atoms with E-state index in [1.807, 2.05) is 54.6 Å². The van der Waals surface area contributed by atoms with Crippen molar-refractivity contribution in [3.8, 4) is 16.9 Å². The third kappa shape index (κ3) is 4.62. The molecule has 0 saturated heterocycles. The Morgan fingerprint density at radius 2 is 1.72 bits per heavy atom. The Hall–Kier alpha value is -2.30. The zero-order valence-electron chi connectivity index (χ0n) is 13.2. The average molecular weight is 417 g/mol. The fourth-order valence-corrected chi connectivity index (χ4v) is 3.18. The quantitative estimate of drug-likeness (QED) is 0.572. The fraction of sp³-hybridized carbons (Fsp3) is 0.0500. The Balaban J connectivity index is 1.69. The molecule has 3 aromatic carbocycles. The van der Waals surface area contributed by atoms with E-state index in [1.165, 1.54) is 0 Å². The van der Waals surface area contributed by atoms with Crippen LogP contribution in [-0.4, -0.2) is 12.5 Å². The highest BCUT2D eigenvalue weighted by molar-refractivity contribution is 9.10. The SMILES string of the molecule is O=C(COc1ccc(Cl)cc1Br)Nc1ccccc1-c1ccccc1. The van der Waals surface area contributed by atoms with E-state index in [0.29, 0.717) is 15.2 Å². The first kappa shape index (κ1) is 17.5. The number of carbonyl (C=O) groups is 1. The van der Waals surface area contributed by atoms with Crippen molar-refractivity contribution >= 4 is 39.1 Å². The van der Waals surface area contributed by atoms with Gasteiger partial charge in [0.15, 0.2) is 6.61 Å². The topological polar surface area (TPSA) is 38.3 Å². The molecular formula is C20H15BrClNO2. The number of hydrogen-bond donors (Lipinski definition) is 1. The number of carbonyl (C=O) groups excluding carboxylic acids is 1. The van der Waals surface area contributed by atoms with Gasteiger partial charge >= 0.3 is 0 Å². The maximum Gasteiger partial charge on any atom is 0.262 e. The predicted octanol–water partition coefficient (Wildman–Crippen LogP) is 5.79. The molecule has 0 saturated carbocycles. The van der Waals surface area contributed by atoms with Gasteiger partial charge in [0, 0.05) is 16.3 Å². The standard InChI is InChI=1S/C20H15BrClNO2/c21-17-12-15(22)10-11-19(17)25-13-20(24)23-18-9-5-4-8-16(18)14-6-2-1-3-7-14/h1-12H,13H2,(H,23,24). The molecule has 3 aromatic rings. The van der Waals surface area contributed by atoms with Crippen molar-refractivity contribution in [1.82, 2.24) is 0 Å². The van der Waals surface area contributed by atoms with Gasteiger partial charge in [0.2, 0.25) is 0 Å². The Bertz CT molecular complexity index is 884. The summed E-state index contributed by atoms with van der Waals surface area (Å²) in [5.74, 6) is 0.334. The van der Waals surface area contributed by atoms with Crippen LogP contribution in [0.4, 0.5) is 5.69 Å². The molecule has 0 fully saturated rings. The molecule has 0 aliphatic carbocycles. The summed E-state index contributed by atoms with van der Waals surface area (Å²) < 4.78 is 6.26. The second-order valence-electron chi connectivity index (χ2n) is 5.32. The lowest BCUT2D eigenvalue weighted by molar-refractivity contribution is -0.118. The molecule has 3 nitrogen and oxygen atoms in total. The average Bonchev–Trinajstić information content (AvgIpc) is 2.62. The van der Waals surface area contributed by atoms with E-state index in [0.717, 1.165) is 16.8 Å². The highest BCUT2D eigenvalue weighted by atomic mass is 79.9. The molecule has 1 N–H and O–H groups in total. The van der Waals surface area contributed by atoms with Crippen LogP contribution < -0.4 is 10.1 Å². The summed E-state index contributed by atoms with van der Waals surface area (Å²) in [6.45, 7) is -0.0939. The second-order valence-corrected chi connectivity index (χ2v) is 6.61. The van der Waals surface area contributed by atoms with Crippen LogP contribution in [0.25, 0.3) is 11.1 Å². The van der Waals surface area contributed by atoms with Gasteiger partial charge in [-0.1, -0.05) is 60.1 Å². The number of benzene rings is 3. The number of halogens is 2. The molecule has 0 spiro atoms. The molecule has 5 heteroatoms. The molecule has 0 unspecified atom stereocenters. The zero-order valence-corrected chi connectivity index (χ0v) is 15.5. The molecular weight excluding hydrogens is 402 g/mol. The number of hydrogen-bond acceptors (Lipinski definition) is 2. The third-order valence-corrected chi connectivity index (χ3v) is 4.39. The van der Waals surface area contributed by atoms with Crippen molar-refractivity contribution in [1.29, 1.82) is 0 Å². The second kappa shape index (κ2) is 8.19. The van der Waals surface area contributed by atoms with Crippen molar-refractivity contribution in [2.45, 2.75) is 0 Å². The van der Waals surface area contributed by atoms with Crippen molar-refractivity contribution < 1.29 is 9.53 Å². The van der Waals surface area contributed by atoms with Crippen molar-refractivity contribution in [2.75, 3.05) is 11.9 Å². The molecule has 0 radical (unpaired) electrons. The van der Waals surface area contributed by atoms with Gasteiger partial charge in [-0.05, 0) is 45.8 Å². The predicted molar refractivity (Wildman–Crippen MR) is 105 cm³/mol. The van der Waals surface area contributed by atoms with E-state index in [9.17, 15) is 4.79 Å². The van der Waals surface area contributed by atoms with Gasteiger partial charge in [0.1, 0.15) is 5.75 Å². The minimum atomic E-state index is -0.231. The van der Waals surface area contributed by atoms with Gasteiger partial charge in [-0.25, -0.2) is 0 Å². The van der Waals surface area contributed by atoms with Crippen LogP contribution in [0.5, 0.6) is 5.75 Å². The number of ether oxygens (including phenoxy) is 1. The summed E-state index contributed by atoms with van der Waals surface area (Å²) in [5.41, 5.74) is 2.75. The monoisotopic (exact) mass is 415 g/mol. The number of rotatable bonds is 5. The molecule has 25 heavy (non-hydrogen) atoms. The van der Waals surface area contributed by atoms with E-state index in [2.05, 4.69) is 21.2 Å². The number of para-hydroxylation sites is 1. The molecule has 0 bridgehead atoms. The number of anilines is 1. The molecule has 0 aliphatic heterocycles. The van der Waals surface area contributed by atoms with Gasteiger partial charge in [0.05, 0.1) is 4.47 Å². The molecule has 0 atom stereocenters. The summed E-state index contributed by atoms with van der Waals surface area (Å²) in [6.07, 6.45) is 0. The van der Waals surface area contributed by atoms with Gasteiger partial charge in [-0.3, -0.25) is 4.79 Å². The lowest BCUT2D eigenvalue weighted by atomic mass is 10.0. The zero-order chi connectivity index (χ0) is 17.6. The summed E-state index contributed by atoms with van der Waals surface area (Å²) in [4.78, 5) is 12.3. The van der Waals surface area contributed by atoms with E-state index in [4.69, 9.17) is 16.3 Å². The molecule has 0 aromatic heterocycles. The van der Waals surface area contributed by atoms with Crippen molar-refractivity contribution in [2.24, 2.45) is 0 Å². The number of amides is 1. The Morgan fingerprint density at radius 3 is 2.48 bits per heavy atom. The van der Waals surface area contributed by atoms with E-state index < -0.39 is 0 Å². The molecule has 126 valence electrons. The fourth-order valence-electron chi connectivity index (χ4n) is 2.38. The van der Waals surface area contributed by atoms with Crippen LogP contribution in [-0.2, 0) is 4.79 Å². The van der Waals surface area contributed by atoms with Gasteiger partial charge in [0.25, 0.3) is 5.91 Å². The Kier molecular flexibility index (Phi) is 5.74. The first-order chi connectivity index (χ1) is 12.1. The lowest BCUT2D eigenvalue weighted by Gasteiger charge is -2.12. The highest BCUT2D eigenvalue weighted by Crippen LogP contribution is 2.29. The van der Waals surface area contributed by atoms with E-state index >= 15 is 0 Å². The van der Waals surface area contributed by atoms with Crippen LogP contribution in [0.15, 0.2) is 77.3 Å². The van der Waals surface area contributed by atoms with E-state index in [1.54, 1.807) is 18.2 Å². The molecule has 3 rings (SSSR count). The molecule has 0 heterocycles. The largest absolute Gasteiger partial charge is 0.483 e.